The number of carboxylic acids is 1. The van der Waals surface area contributed by atoms with Crippen molar-refractivity contribution in [2.75, 3.05) is 6.61 Å². The van der Waals surface area contributed by atoms with Crippen molar-refractivity contribution < 1.29 is 24.4 Å². The molecule has 0 spiro atoms. The quantitative estimate of drug-likeness (QED) is 0.354. The van der Waals surface area contributed by atoms with Gasteiger partial charge in [-0.05, 0) is 17.7 Å². The molecular weight excluding hydrogens is 318 g/mol. The number of aromatic nitrogens is 2. The number of carbonyl (C=O) groups is 2. The van der Waals surface area contributed by atoms with Crippen molar-refractivity contribution >= 4 is 23.5 Å². The van der Waals surface area contributed by atoms with Gasteiger partial charge < -0.3 is 9.84 Å². The van der Waals surface area contributed by atoms with E-state index in [0.717, 1.165) is 0 Å². The fourth-order valence-corrected chi connectivity index (χ4v) is 1.86. The van der Waals surface area contributed by atoms with Crippen LogP contribution in [0.25, 0.3) is 6.08 Å². The molecule has 0 fully saturated rings. The molecule has 9 nitrogen and oxygen atoms in total. The molecule has 0 bridgehead atoms. The predicted molar refractivity (Wildman–Crippen MR) is 82.8 cm³/mol. The maximum Gasteiger partial charge on any atom is 0.341 e. The van der Waals surface area contributed by atoms with E-state index in [0.29, 0.717) is 11.1 Å². The highest BCUT2D eigenvalue weighted by atomic mass is 16.6. The number of nitro groups is 1. The molecule has 0 atom stereocenters. The van der Waals surface area contributed by atoms with Crippen LogP contribution in [0.2, 0.25) is 0 Å². The van der Waals surface area contributed by atoms with Crippen LogP contribution in [0.3, 0.4) is 0 Å². The molecule has 0 saturated heterocycles. The Balaban J connectivity index is 2.20. The van der Waals surface area contributed by atoms with Gasteiger partial charge in [0, 0.05) is 19.3 Å². The van der Waals surface area contributed by atoms with Gasteiger partial charge in [-0.25, -0.2) is 4.79 Å². The van der Waals surface area contributed by atoms with Crippen LogP contribution < -0.4 is 4.74 Å². The molecule has 1 aromatic heterocycles. The maximum atomic E-state index is 11.9. The first kappa shape index (κ1) is 16.9. The second-order valence-electron chi connectivity index (χ2n) is 4.77. The Bertz CT molecular complexity index is 824. The van der Waals surface area contributed by atoms with E-state index < -0.39 is 17.5 Å². The van der Waals surface area contributed by atoms with Gasteiger partial charge in [0.05, 0.1) is 16.7 Å². The molecule has 0 aliphatic carbocycles. The summed E-state index contributed by atoms with van der Waals surface area (Å²) in [7, 11) is 1.68. The smallest absolute Gasteiger partial charge is 0.341 e. The topological polar surface area (TPSA) is 125 Å². The van der Waals surface area contributed by atoms with Gasteiger partial charge in [0.25, 0.3) is 0 Å². The van der Waals surface area contributed by atoms with Crippen LogP contribution in [0, 0.1) is 10.1 Å². The zero-order valence-electron chi connectivity index (χ0n) is 12.6. The van der Waals surface area contributed by atoms with Gasteiger partial charge >= 0.3 is 11.7 Å². The molecule has 2 rings (SSSR count). The Hall–Kier alpha value is -3.49. The van der Waals surface area contributed by atoms with Crippen molar-refractivity contribution in [2.45, 2.75) is 0 Å². The Morgan fingerprint density at radius 1 is 1.46 bits per heavy atom. The maximum absolute atomic E-state index is 11.9. The fraction of sp³-hybridized carbons (Fsp3) is 0.133. The van der Waals surface area contributed by atoms with Gasteiger partial charge in [0.2, 0.25) is 0 Å². The number of ketones is 1. The SMILES string of the molecule is Cn1cc(C(=O)C=Cc2ccc(OCC(=O)O)c([N+](=O)[O-])c2)cn1. The third-order valence-electron chi connectivity index (χ3n) is 2.95. The monoisotopic (exact) mass is 331 g/mol. The molecule has 0 unspecified atom stereocenters. The van der Waals surface area contributed by atoms with E-state index in [-0.39, 0.29) is 17.2 Å². The third-order valence-corrected chi connectivity index (χ3v) is 2.95. The van der Waals surface area contributed by atoms with Crippen LogP contribution in [0.4, 0.5) is 5.69 Å². The van der Waals surface area contributed by atoms with E-state index in [1.54, 1.807) is 13.2 Å². The average Bonchev–Trinajstić information content (AvgIpc) is 2.97. The highest BCUT2D eigenvalue weighted by Gasteiger charge is 2.16. The summed E-state index contributed by atoms with van der Waals surface area (Å²) in [5, 5.41) is 23.5. The molecule has 0 saturated carbocycles. The number of hydrogen-bond acceptors (Lipinski definition) is 6. The lowest BCUT2D eigenvalue weighted by atomic mass is 10.1. The molecule has 9 heteroatoms. The van der Waals surface area contributed by atoms with E-state index >= 15 is 0 Å². The number of nitrogens with zero attached hydrogens (tertiary/aromatic N) is 3. The molecule has 2 aromatic rings. The lowest BCUT2D eigenvalue weighted by Crippen LogP contribution is -2.10. The first-order chi connectivity index (χ1) is 11.4. The zero-order chi connectivity index (χ0) is 17.7. The fourth-order valence-electron chi connectivity index (χ4n) is 1.86. The van der Waals surface area contributed by atoms with Crippen LogP contribution in [-0.4, -0.2) is 38.2 Å². The van der Waals surface area contributed by atoms with E-state index in [4.69, 9.17) is 9.84 Å². The van der Waals surface area contributed by atoms with Gasteiger partial charge in [-0.2, -0.15) is 5.10 Å². The molecule has 0 amide bonds. The number of allylic oxidation sites excluding steroid dienone is 1. The number of nitro benzene ring substituents is 1. The molecule has 1 aromatic carbocycles. The molecule has 124 valence electrons. The van der Waals surface area contributed by atoms with Crippen molar-refractivity contribution in [1.82, 2.24) is 9.78 Å². The number of hydrogen-bond donors (Lipinski definition) is 1. The Morgan fingerprint density at radius 3 is 2.79 bits per heavy atom. The van der Waals surface area contributed by atoms with Crippen molar-refractivity contribution in [3.63, 3.8) is 0 Å². The largest absolute Gasteiger partial charge is 0.479 e. The minimum Gasteiger partial charge on any atom is -0.479 e. The van der Waals surface area contributed by atoms with Gasteiger partial charge in [-0.1, -0.05) is 12.1 Å². The van der Waals surface area contributed by atoms with Crippen molar-refractivity contribution in [3.05, 3.63) is 57.9 Å². The molecule has 0 aliphatic rings. The summed E-state index contributed by atoms with van der Waals surface area (Å²) in [5.74, 6) is -1.69. The van der Waals surface area contributed by atoms with Crippen LogP contribution >= 0.6 is 0 Å². The molecule has 0 aliphatic heterocycles. The number of carboxylic acid groups (broad SMARTS) is 1. The number of aryl methyl sites for hydroxylation is 1. The number of carbonyl (C=O) groups excluding carboxylic acids is 1. The van der Waals surface area contributed by atoms with E-state index in [1.807, 2.05) is 0 Å². The van der Waals surface area contributed by atoms with Crippen molar-refractivity contribution in [1.29, 1.82) is 0 Å². The second-order valence-corrected chi connectivity index (χ2v) is 4.77. The summed E-state index contributed by atoms with van der Waals surface area (Å²) in [6.45, 7) is -0.685. The first-order valence-corrected chi connectivity index (χ1v) is 6.71. The van der Waals surface area contributed by atoms with Gasteiger partial charge in [-0.3, -0.25) is 19.6 Å². The molecule has 1 heterocycles. The summed E-state index contributed by atoms with van der Waals surface area (Å²) in [4.78, 5) is 32.8. The Labute approximate surface area is 135 Å². The van der Waals surface area contributed by atoms with Gasteiger partial charge in [-0.15, -0.1) is 0 Å². The van der Waals surface area contributed by atoms with Crippen LogP contribution in [0.5, 0.6) is 5.75 Å². The predicted octanol–water partition coefficient (Wildman–Crippen LogP) is 1.69. The van der Waals surface area contributed by atoms with Crippen molar-refractivity contribution in [3.8, 4) is 5.75 Å². The number of rotatable bonds is 7. The highest BCUT2D eigenvalue weighted by Crippen LogP contribution is 2.28. The first-order valence-electron chi connectivity index (χ1n) is 6.71. The molecular formula is C15H13N3O6. The highest BCUT2D eigenvalue weighted by molar-refractivity contribution is 6.06. The van der Waals surface area contributed by atoms with E-state index in [1.165, 1.54) is 41.2 Å². The number of ether oxygens (including phenoxy) is 1. The van der Waals surface area contributed by atoms with Crippen LogP contribution in [0.15, 0.2) is 36.7 Å². The summed E-state index contributed by atoms with van der Waals surface area (Å²) in [6, 6.07) is 3.97. The van der Waals surface area contributed by atoms with Gasteiger partial charge in [0.1, 0.15) is 0 Å². The van der Waals surface area contributed by atoms with E-state index in [2.05, 4.69) is 5.10 Å². The van der Waals surface area contributed by atoms with E-state index in [9.17, 15) is 19.7 Å². The average molecular weight is 331 g/mol. The lowest BCUT2D eigenvalue weighted by Gasteiger charge is -2.04. The summed E-state index contributed by atoms with van der Waals surface area (Å²) in [6.07, 6.45) is 5.66. The molecule has 1 N–H and O–H groups in total. The number of benzene rings is 1. The minimum atomic E-state index is -1.24. The Kier molecular flexibility index (Phi) is 5.05. The van der Waals surface area contributed by atoms with Gasteiger partial charge in [0.15, 0.2) is 18.1 Å². The summed E-state index contributed by atoms with van der Waals surface area (Å²) < 4.78 is 6.36. The zero-order valence-corrected chi connectivity index (χ0v) is 12.6. The minimum absolute atomic E-state index is 0.155. The van der Waals surface area contributed by atoms with Crippen LogP contribution in [-0.2, 0) is 11.8 Å². The molecule has 0 radical (unpaired) electrons. The van der Waals surface area contributed by atoms with Crippen molar-refractivity contribution in [2.24, 2.45) is 7.05 Å². The molecule has 24 heavy (non-hydrogen) atoms. The Morgan fingerprint density at radius 2 is 2.21 bits per heavy atom. The number of aliphatic carboxylic acids is 1. The third kappa shape index (κ3) is 4.26. The lowest BCUT2D eigenvalue weighted by molar-refractivity contribution is -0.385. The summed E-state index contributed by atoms with van der Waals surface area (Å²) in [5.41, 5.74) is 0.415. The van der Waals surface area contributed by atoms with Crippen LogP contribution in [0.1, 0.15) is 15.9 Å². The second kappa shape index (κ2) is 7.18. The normalized spacial score (nSPS) is 10.7. The summed E-state index contributed by atoms with van der Waals surface area (Å²) >= 11 is 0. The standard InChI is InChI=1S/C15H13N3O6/c1-17-8-11(7-16-17)13(19)4-2-10-3-5-14(24-9-15(20)21)12(6-10)18(22)23/h2-8H,9H2,1H3,(H,20,21).